The summed E-state index contributed by atoms with van der Waals surface area (Å²) in [5, 5.41) is 11.6. The van der Waals surface area contributed by atoms with E-state index in [1.54, 1.807) is 36.7 Å². The van der Waals surface area contributed by atoms with Crippen molar-refractivity contribution in [3.05, 3.63) is 66.5 Å². The van der Waals surface area contributed by atoms with Crippen molar-refractivity contribution in [2.24, 2.45) is 5.92 Å². The van der Waals surface area contributed by atoms with Crippen LogP contribution >= 0.6 is 0 Å². The molecule has 0 spiro atoms. The molecule has 7 heteroatoms. The number of hydrogen-bond acceptors (Lipinski definition) is 6. The Balaban J connectivity index is 1.32. The van der Waals surface area contributed by atoms with Crippen LogP contribution in [0.2, 0.25) is 0 Å². The zero-order valence-corrected chi connectivity index (χ0v) is 16.8. The maximum atomic E-state index is 12.6. The van der Waals surface area contributed by atoms with Gasteiger partial charge in [0.15, 0.2) is 11.6 Å². The zero-order valence-electron chi connectivity index (χ0n) is 16.8. The highest BCUT2D eigenvalue weighted by molar-refractivity contribution is 5.96. The average Bonchev–Trinajstić information content (AvgIpc) is 2.80. The SMILES string of the molecule is CC(=O)c1ccc(NC(=O)C2CCN(c3ccc(-c4cccnc4)nn3)CC2)cc1. The Bertz CT molecular complexity index is 1010. The van der Waals surface area contributed by atoms with Crippen molar-refractivity contribution in [2.45, 2.75) is 19.8 Å². The Morgan fingerprint density at radius 2 is 1.77 bits per heavy atom. The number of nitrogens with one attached hydrogen (secondary N) is 1. The second-order valence-corrected chi connectivity index (χ2v) is 7.40. The van der Waals surface area contributed by atoms with Crippen LogP contribution in [0.1, 0.15) is 30.1 Å². The average molecular weight is 401 g/mol. The number of benzene rings is 1. The summed E-state index contributed by atoms with van der Waals surface area (Å²) in [6.45, 7) is 3.03. The Morgan fingerprint density at radius 1 is 1.00 bits per heavy atom. The van der Waals surface area contributed by atoms with Gasteiger partial charge in [-0.3, -0.25) is 14.6 Å². The van der Waals surface area contributed by atoms with Gasteiger partial charge in [-0.1, -0.05) is 0 Å². The van der Waals surface area contributed by atoms with E-state index < -0.39 is 0 Å². The fourth-order valence-electron chi connectivity index (χ4n) is 3.57. The van der Waals surface area contributed by atoms with Crippen molar-refractivity contribution in [1.82, 2.24) is 15.2 Å². The van der Waals surface area contributed by atoms with Crippen LogP contribution in [0.5, 0.6) is 0 Å². The second-order valence-electron chi connectivity index (χ2n) is 7.40. The van der Waals surface area contributed by atoms with Gasteiger partial charge < -0.3 is 10.2 Å². The number of anilines is 2. The molecule has 1 saturated heterocycles. The van der Waals surface area contributed by atoms with E-state index in [-0.39, 0.29) is 17.6 Å². The van der Waals surface area contributed by atoms with E-state index in [9.17, 15) is 9.59 Å². The molecule has 30 heavy (non-hydrogen) atoms. The Hall–Kier alpha value is -3.61. The highest BCUT2D eigenvalue weighted by Crippen LogP contribution is 2.24. The van der Waals surface area contributed by atoms with Crippen LogP contribution in [0, 0.1) is 5.92 Å². The Labute approximate surface area is 175 Å². The van der Waals surface area contributed by atoms with Crippen molar-refractivity contribution in [3.63, 3.8) is 0 Å². The highest BCUT2D eigenvalue weighted by Gasteiger charge is 2.26. The summed E-state index contributed by atoms with van der Waals surface area (Å²) in [5.74, 6) is 0.803. The molecule has 1 fully saturated rings. The van der Waals surface area contributed by atoms with Crippen LogP contribution in [-0.4, -0.2) is 40.0 Å². The predicted molar refractivity (Wildman–Crippen MR) is 115 cm³/mol. The summed E-state index contributed by atoms with van der Waals surface area (Å²) in [5.41, 5.74) is 3.07. The molecule has 0 saturated carbocycles. The smallest absolute Gasteiger partial charge is 0.227 e. The minimum atomic E-state index is -0.0450. The van der Waals surface area contributed by atoms with Gasteiger partial charge in [-0.05, 0) is 68.3 Å². The van der Waals surface area contributed by atoms with E-state index in [0.29, 0.717) is 11.3 Å². The van der Waals surface area contributed by atoms with Crippen LogP contribution in [0.3, 0.4) is 0 Å². The summed E-state index contributed by atoms with van der Waals surface area (Å²) in [4.78, 5) is 30.2. The van der Waals surface area contributed by atoms with Gasteiger partial charge in [0.25, 0.3) is 0 Å². The van der Waals surface area contributed by atoms with Gasteiger partial charge in [-0.25, -0.2) is 0 Å². The number of ketones is 1. The van der Waals surface area contributed by atoms with Gasteiger partial charge >= 0.3 is 0 Å². The summed E-state index contributed by atoms with van der Waals surface area (Å²) >= 11 is 0. The first-order valence-electron chi connectivity index (χ1n) is 10.0. The third-order valence-electron chi connectivity index (χ3n) is 5.36. The van der Waals surface area contributed by atoms with Crippen molar-refractivity contribution < 1.29 is 9.59 Å². The summed E-state index contributed by atoms with van der Waals surface area (Å²) in [6, 6.07) is 14.7. The molecule has 3 aromatic rings. The number of hydrogen-bond donors (Lipinski definition) is 1. The molecule has 3 heterocycles. The van der Waals surface area contributed by atoms with Crippen molar-refractivity contribution in [1.29, 1.82) is 0 Å². The molecule has 1 aromatic carbocycles. The number of carbonyl (C=O) groups is 2. The summed E-state index contributed by atoms with van der Waals surface area (Å²) in [7, 11) is 0. The highest BCUT2D eigenvalue weighted by atomic mass is 16.2. The van der Waals surface area contributed by atoms with E-state index in [2.05, 4.69) is 25.4 Å². The lowest BCUT2D eigenvalue weighted by molar-refractivity contribution is -0.120. The zero-order chi connectivity index (χ0) is 20.9. The Morgan fingerprint density at radius 3 is 2.37 bits per heavy atom. The lowest BCUT2D eigenvalue weighted by Crippen LogP contribution is -2.38. The number of piperidine rings is 1. The molecular weight excluding hydrogens is 378 g/mol. The largest absolute Gasteiger partial charge is 0.355 e. The van der Waals surface area contributed by atoms with Crippen molar-refractivity contribution in [2.75, 3.05) is 23.3 Å². The van der Waals surface area contributed by atoms with E-state index >= 15 is 0 Å². The molecule has 0 atom stereocenters. The minimum absolute atomic E-state index is 0.0109. The maximum absolute atomic E-state index is 12.6. The molecule has 4 rings (SSSR count). The Kier molecular flexibility index (Phi) is 5.79. The number of pyridine rings is 1. The second kappa shape index (κ2) is 8.82. The summed E-state index contributed by atoms with van der Waals surface area (Å²) in [6.07, 6.45) is 5.00. The van der Waals surface area contributed by atoms with Gasteiger partial charge in [0, 0.05) is 48.2 Å². The lowest BCUT2D eigenvalue weighted by atomic mass is 9.95. The van der Waals surface area contributed by atoms with E-state index in [4.69, 9.17) is 0 Å². The van der Waals surface area contributed by atoms with Gasteiger partial charge in [-0.2, -0.15) is 0 Å². The molecule has 0 bridgehead atoms. The van der Waals surface area contributed by atoms with Gasteiger partial charge in [0.1, 0.15) is 0 Å². The molecule has 152 valence electrons. The number of amides is 1. The number of nitrogens with zero attached hydrogens (tertiary/aromatic N) is 4. The monoisotopic (exact) mass is 401 g/mol. The molecule has 1 amide bonds. The minimum Gasteiger partial charge on any atom is -0.355 e. The first kappa shape index (κ1) is 19.7. The molecule has 1 aliphatic heterocycles. The molecule has 1 aliphatic rings. The van der Waals surface area contributed by atoms with Crippen molar-refractivity contribution in [3.8, 4) is 11.3 Å². The van der Waals surface area contributed by atoms with Crippen LogP contribution < -0.4 is 10.2 Å². The first-order valence-corrected chi connectivity index (χ1v) is 10.0. The van der Waals surface area contributed by atoms with Gasteiger partial charge in [0.05, 0.1) is 5.69 Å². The summed E-state index contributed by atoms with van der Waals surface area (Å²) < 4.78 is 0. The topological polar surface area (TPSA) is 88.1 Å². The third-order valence-corrected chi connectivity index (χ3v) is 5.36. The molecule has 0 aliphatic carbocycles. The van der Waals surface area contributed by atoms with Crippen molar-refractivity contribution >= 4 is 23.2 Å². The fourth-order valence-corrected chi connectivity index (χ4v) is 3.57. The number of carbonyl (C=O) groups excluding carboxylic acids is 2. The number of aromatic nitrogens is 3. The van der Waals surface area contributed by atoms with Crippen LogP contribution in [-0.2, 0) is 4.79 Å². The van der Waals surface area contributed by atoms with E-state index in [1.807, 2.05) is 24.3 Å². The molecule has 1 N–H and O–H groups in total. The number of rotatable bonds is 5. The molecule has 7 nitrogen and oxygen atoms in total. The van der Waals surface area contributed by atoms with E-state index in [0.717, 1.165) is 43.0 Å². The van der Waals surface area contributed by atoms with Gasteiger partial charge in [-0.15, -0.1) is 10.2 Å². The molecular formula is C23H23N5O2. The van der Waals surface area contributed by atoms with Crippen LogP contribution in [0.15, 0.2) is 60.9 Å². The molecule has 0 unspecified atom stereocenters. The lowest BCUT2D eigenvalue weighted by Gasteiger charge is -2.31. The van der Waals surface area contributed by atoms with Crippen LogP contribution in [0.4, 0.5) is 11.5 Å². The van der Waals surface area contributed by atoms with E-state index in [1.165, 1.54) is 6.92 Å². The number of Topliss-reactive ketones (excluding diaryl/α,β-unsaturated/α-hetero) is 1. The third kappa shape index (κ3) is 4.51. The molecule has 0 radical (unpaired) electrons. The molecule has 2 aromatic heterocycles. The first-order chi connectivity index (χ1) is 14.6. The normalized spacial score (nSPS) is 14.4. The van der Waals surface area contributed by atoms with Crippen LogP contribution in [0.25, 0.3) is 11.3 Å². The van der Waals surface area contributed by atoms with Gasteiger partial charge in [0.2, 0.25) is 5.91 Å². The maximum Gasteiger partial charge on any atom is 0.227 e. The predicted octanol–water partition coefficient (Wildman–Crippen LogP) is 3.60. The quantitative estimate of drug-likeness (QED) is 0.657. The fraction of sp³-hybridized carbons (Fsp3) is 0.261. The standard InChI is InChI=1S/C23H23N5O2/c1-16(29)17-4-6-20(7-5-17)25-23(30)18-10-13-28(14-11-18)22-9-8-21(26-27-22)19-3-2-12-24-15-19/h2-9,12,15,18H,10-11,13-14H2,1H3,(H,25,30).